The molecule has 1 amide bonds. The number of aryl methyl sites for hydroxylation is 1. The van der Waals surface area contributed by atoms with Crippen LogP contribution in [-0.4, -0.2) is 29.0 Å². The molecule has 1 N–H and O–H groups in total. The molecule has 0 unspecified atom stereocenters. The van der Waals surface area contributed by atoms with E-state index in [1.54, 1.807) is 6.20 Å². The molecule has 1 aliphatic rings. The lowest BCUT2D eigenvalue weighted by Crippen LogP contribution is -2.33. The van der Waals surface area contributed by atoms with Gasteiger partial charge in [0.25, 0.3) is 5.91 Å². The van der Waals surface area contributed by atoms with Crippen LogP contribution in [-0.2, 0) is 18.4 Å². The van der Waals surface area contributed by atoms with E-state index < -0.39 is 0 Å². The van der Waals surface area contributed by atoms with Crippen LogP contribution in [0, 0.1) is 6.92 Å². The van der Waals surface area contributed by atoms with E-state index in [4.69, 9.17) is 0 Å². The number of hydrogen-bond acceptors (Lipinski definition) is 4. The first-order chi connectivity index (χ1) is 14.9. The van der Waals surface area contributed by atoms with Crippen molar-refractivity contribution in [3.63, 3.8) is 0 Å². The molecule has 2 heterocycles. The molecule has 160 valence electrons. The Bertz CT molecular complexity index is 1070. The van der Waals surface area contributed by atoms with E-state index in [2.05, 4.69) is 89.5 Å². The molecule has 2 aromatic carbocycles. The molecule has 0 saturated heterocycles. The van der Waals surface area contributed by atoms with Crippen LogP contribution in [0.15, 0.2) is 54.7 Å². The quantitative estimate of drug-likeness (QED) is 0.671. The van der Waals surface area contributed by atoms with Crippen molar-refractivity contribution in [2.45, 2.75) is 46.1 Å². The number of carbonyl (C=O) groups excluding carboxylic acids is 1. The lowest BCUT2D eigenvalue weighted by molar-refractivity contribution is 0.0950. The molecule has 31 heavy (non-hydrogen) atoms. The van der Waals surface area contributed by atoms with E-state index >= 15 is 0 Å². The minimum absolute atomic E-state index is 0.0618. The fourth-order valence-electron chi connectivity index (χ4n) is 4.10. The highest BCUT2D eigenvalue weighted by atomic mass is 16.1. The van der Waals surface area contributed by atoms with Gasteiger partial charge in [0.15, 0.2) is 0 Å². The molecular formula is C26H30N4O. The van der Waals surface area contributed by atoms with E-state index in [9.17, 15) is 4.79 Å². The number of carbonyl (C=O) groups is 1. The van der Waals surface area contributed by atoms with Crippen LogP contribution < -0.4 is 10.2 Å². The van der Waals surface area contributed by atoms with Crippen molar-refractivity contribution < 1.29 is 4.79 Å². The Labute approximate surface area is 184 Å². The highest BCUT2D eigenvalue weighted by molar-refractivity contribution is 5.91. The number of amides is 1. The summed E-state index contributed by atoms with van der Waals surface area (Å²) >= 11 is 0. The third-order valence-corrected chi connectivity index (χ3v) is 6.19. The minimum Gasteiger partial charge on any atom is -0.365 e. The highest BCUT2D eigenvalue weighted by Gasteiger charge is 2.24. The topological polar surface area (TPSA) is 58.1 Å². The summed E-state index contributed by atoms with van der Waals surface area (Å²) in [7, 11) is 0. The molecule has 5 nitrogen and oxygen atoms in total. The van der Waals surface area contributed by atoms with Crippen molar-refractivity contribution in [3.05, 3.63) is 88.5 Å². The summed E-state index contributed by atoms with van der Waals surface area (Å²) in [6.45, 7) is 10.7. The third-order valence-electron chi connectivity index (χ3n) is 6.19. The number of nitrogens with zero attached hydrogens (tertiary/aromatic N) is 3. The van der Waals surface area contributed by atoms with Crippen molar-refractivity contribution in [1.82, 2.24) is 15.3 Å². The van der Waals surface area contributed by atoms with E-state index in [0.29, 0.717) is 18.8 Å². The summed E-state index contributed by atoms with van der Waals surface area (Å²) in [5, 5.41) is 2.79. The molecule has 0 aliphatic carbocycles. The van der Waals surface area contributed by atoms with Gasteiger partial charge in [0, 0.05) is 30.6 Å². The maximum absolute atomic E-state index is 12.1. The van der Waals surface area contributed by atoms with Crippen LogP contribution in [0.4, 0.5) is 5.69 Å². The van der Waals surface area contributed by atoms with E-state index in [-0.39, 0.29) is 11.3 Å². The molecule has 0 radical (unpaired) electrons. The first kappa shape index (κ1) is 21.0. The number of anilines is 1. The molecule has 0 saturated carbocycles. The Hall–Kier alpha value is -3.21. The largest absolute Gasteiger partial charge is 0.365 e. The molecule has 3 aromatic rings. The van der Waals surface area contributed by atoms with Gasteiger partial charge in [0.2, 0.25) is 0 Å². The summed E-state index contributed by atoms with van der Waals surface area (Å²) in [5.74, 6) is -0.169. The first-order valence-corrected chi connectivity index (χ1v) is 10.9. The van der Waals surface area contributed by atoms with Gasteiger partial charge in [-0.05, 0) is 37.1 Å². The summed E-state index contributed by atoms with van der Waals surface area (Å²) in [6, 6.07) is 17.6. The second-order valence-corrected chi connectivity index (χ2v) is 8.72. The minimum atomic E-state index is -0.169. The predicted octanol–water partition coefficient (Wildman–Crippen LogP) is 4.42. The first-order valence-electron chi connectivity index (χ1n) is 10.9. The molecule has 1 aromatic heterocycles. The number of nitrogens with one attached hydrogen (secondary N) is 1. The number of rotatable bonds is 5. The van der Waals surface area contributed by atoms with Gasteiger partial charge in [0.1, 0.15) is 5.69 Å². The fraction of sp³-hybridized carbons (Fsp3) is 0.346. The zero-order chi connectivity index (χ0) is 22.0. The van der Waals surface area contributed by atoms with Crippen molar-refractivity contribution in [2.75, 3.05) is 18.0 Å². The molecule has 0 bridgehead atoms. The second-order valence-electron chi connectivity index (χ2n) is 8.72. The molecule has 5 heteroatoms. The molecule has 1 aliphatic heterocycles. The smallest absolute Gasteiger partial charge is 0.271 e. The van der Waals surface area contributed by atoms with Crippen molar-refractivity contribution in [1.29, 1.82) is 0 Å². The maximum atomic E-state index is 12.1. The van der Waals surface area contributed by atoms with Crippen LogP contribution in [0.2, 0.25) is 0 Å². The van der Waals surface area contributed by atoms with Gasteiger partial charge >= 0.3 is 0 Å². The van der Waals surface area contributed by atoms with Crippen LogP contribution in [0.25, 0.3) is 0 Å². The fourth-order valence-corrected chi connectivity index (χ4v) is 4.10. The second kappa shape index (κ2) is 8.50. The molecule has 4 rings (SSSR count). The Balaban J connectivity index is 1.53. The highest BCUT2D eigenvalue weighted by Crippen LogP contribution is 2.33. The van der Waals surface area contributed by atoms with E-state index in [0.717, 1.165) is 24.4 Å². The summed E-state index contributed by atoms with van der Waals surface area (Å²) in [5.41, 5.74) is 7.24. The number of hydrogen-bond donors (Lipinski definition) is 1. The van der Waals surface area contributed by atoms with Gasteiger partial charge in [-0.15, -0.1) is 0 Å². The van der Waals surface area contributed by atoms with E-state index in [1.807, 2.05) is 6.92 Å². The lowest BCUT2D eigenvalue weighted by atomic mass is 9.78. The third kappa shape index (κ3) is 4.31. The predicted molar refractivity (Wildman–Crippen MR) is 125 cm³/mol. The average Bonchev–Trinajstić information content (AvgIpc) is 2.79. The summed E-state index contributed by atoms with van der Waals surface area (Å²) in [4.78, 5) is 23.5. The summed E-state index contributed by atoms with van der Waals surface area (Å²) in [6.07, 6.45) is 2.41. The van der Waals surface area contributed by atoms with Crippen LogP contribution in [0.1, 0.15) is 59.3 Å². The Morgan fingerprint density at radius 3 is 2.32 bits per heavy atom. The van der Waals surface area contributed by atoms with Gasteiger partial charge in [-0.1, -0.05) is 55.8 Å². The van der Waals surface area contributed by atoms with Crippen molar-refractivity contribution in [2.24, 2.45) is 0 Å². The van der Waals surface area contributed by atoms with Gasteiger partial charge in [0.05, 0.1) is 24.1 Å². The SMILES string of the molecule is CCNC(=O)c1cnc2c(n1)CN(c1ccc(C(C)(C)c3ccc(C)cc3)cc1)CC2. The van der Waals surface area contributed by atoms with E-state index in [1.165, 1.54) is 22.4 Å². The normalized spacial score (nSPS) is 13.6. The molecular weight excluding hydrogens is 384 g/mol. The van der Waals surface area contributed by atoms with Crippen molar-refractivity contribution in [3.8, 4) is 0 Å². The number of aromatic nitrogens is 2. The Kier molecular flexibility index (Phi) is 5.77. The zero-order valence-electron chi connectivity index (χ0n) is 18.8. The number of benzene rings is 2. The lowest BCUT2D eigenvalue weighted by Gasteiger charge is -2.31. The van der Waals surface area contributed by atoms with Gasteiger partial charge in [-0.25, -0.2) is 4.98 Å². The van der Waals surface area contributed by atoms with Gasteiger partial charge < -0.3 is 10.2 Å². The molecule has 0 spiro atoms. The Morgan fingerprint density at radius 1 is 1.03 bits per heavy atom. The average molecular weight is 415 g/mol. The summed E-state index contributed by atoms with van der Waals surface area (Å²) < 4.78 is 0. The monoisotopic (exact) mass is 414 g/mol. The maximum Gasteiger partial charge on any atom is 0.271 e. The standard InChI is InChI=1S/C26H30N4O/c1-5-27-25(31)23-16-28-22-14-15-30(17-24(22)29-23)21-12-10-20(11-13-21)26(3,4)19-8-6-18(2)7-9-19/h6-13,16H,5,14-15,17H2,1-4H3,(H,27,31). The van der Waals surface area contributed by atoms with Crippen LogP contribution in [0.5, 0.6) is 0 Å². The van der Waals surface area contributed by atoms with Crippen LogP contribution in [0.3, 0.4) is 0 Å². The van der Waals surface area contributed by atoms with Gasteiger partial charge in [-0.3, -0.25) is 9.78 Å². The number of fused-ring (bicyclic) bond motifs is 1. The zero-order valence-corrected chi connectivity index (χ0v) is 18.8. The van der Waals surface area contributed by atoms with Gasteiger partial charge in [-0.2, -0.15) is 0 Å². The van der Waals surface area contributed by atoms with Crippen molar-refractivity contribution >= 4 is 11.6 Å². The molecule has 0 fully saturated rings. The Morgan fingerprint density at radius 2 is 1.68 bits per heavy atom. The molecule has 0 atom stereocenters. The van der Waals surface area contributed by atoms with Crippen LogP contribution >= 0.6 is 0 Å².